The fourth-order valence-electron chi connectivity index (χ4n) is 14.7. The lowest BCUT2D eigenvalue weighted by Gasteiger charge is -2.61. The molecular formula is C45H74O18. The molecule has 0 amide bonds. The normalized spacial score (nSPS) is 58.2. The van der Waals surface area contributed by atoms with E-state index in [4.69, 9.17) is 37.9 Å². The van der Waals surface area contributed by atoms with Gasteiger partial charge in [-0.15, -0.1) is 0 Å². The zero-order chi connectivity index (χ0) is 44.9. The quantitative estimate of drug-likeness (QED) is 0.128. The maximum atomic E-state index is 11.6. The molecule has 5 aliphatic heterocycles. The maximum absolute atomic E-state index is 11.6. The Kier molecular flexibility index (Phi) is 13.5. The summed E-state index contributed by atoms with van der Waals surface area (Å²) in [5.74, 6) is 2.99. The van der Waals surface area contributed by atoms with E-state index >= 15 is 0 Å². The van der Waals surface area contributed by atoms with Crippen LogP contribution in [0.3, 0.4) is 0 Å². The summed E-state index contributed by atoms with van der Waals surface area (Å²) < 4.78 is 50.2. The number of aliphatic hydroxyl groups is 10. The van der Waals surface area contributed by atoms with E-state index in [1.54, 1.807) is 0 Å². The Morgan fingerprint density at radius 3 is 1.75 bits per heavy atom. The van der Waals surface area contributed by atoms with Gasteiger partial charge in [-0.2, -0.15) is 0 Å². The lowest BCUT2D eigenvalue weighted by molar-refractivity contribution is -0.396. The summed E-state index contributed by atoms with van der Waals surface area (Å²) in [4.78, 5) is 0. The average molecular weight is 903 g/mol. The Hall–Kier alpha value is -0.720. The van der Waals surface area contributed by atoms with Crippen molar-refractivity contribution in [3.05, 3.63) is 0 Å². The van der Waals surface area contributed by atoms with Gasteiger partial charge >= 0.3 is 0 Å². The Balaban J connectivity index is 0.925. The molecule has 27 atom stereocenters. The summed E-state index contributed by atoms with van der Waals surface area (Å²) in [6.45, 7) is 8.21. The summed E-state index contributed by atoms with van der Waals surface area (Å²) in [7, 11) is 0. The Labute approximate surface area is 369 Å². The molecule has 63 heavy (non-hydrogen) atoms. The first-order valence-electron chi connectivity index (χ1n) is 23.8. The standard InChI is InChI=1S/C45H74O18/c1-19-7-12-45(56-18-19)20(2)30-26(63-45)14-25-23-6-5-21-13-22(8-10-43(21,3)24(23)9-11-44(25,30)4)57-42-39(62-41-37(55)35(53)32(50)28(16-47)59-41)38(33(51)29(17-48)60-42)61-40-36(54)34(52)31(49)27(15-46)58-40/h19-42,46-55H,5-18H2,1-4H3/t19?,20-,21+,22-,23+,24-,25-,26-,27+,28+,29+,30-,31+,32+,33+,34-,35-,36+,37+,38-,39+,40-,41-,42+,43-,44-,45+/m0/s1. The van der Waals surface area contributed by atoms with Crippen molar-refractivity contribution in [2.45, 2.75) is 202 Å². The van der Waals surface area contributed by atoms with Gasteiger partial charge in [0, 0.05) is 12.3 Å². The summed E-state index contributed by atoms with van der Waals surface area (Å²) >= 11 is 0. The largest absolute Gasteiger partial charge is 0.394 e. The third kappa shape index (κ3) is 7.88. The molecule has 0 aromatic heterocycles. The molecule has 18 heteroatoms. The molecule has 4 aliphatic carbocycles. The fourth-order valence-corrected chi connectivity index (χ4v) is 14.7. The molecule has 0 radical (unpaired) electrons. The number of fused-ring (bicyclic) bond motifs is 7. The highest BCUT2D eigenvalue weighted by Crippen LogP contribution is 2.71. The number of hydrogen-bond acceptors (Lipinski definition) is 18. The minimum Gasteiger partial charge on any atom is -0.394 e. The van der Waals surface area contributed by atoms with Gasteiger partial charge in [-0.1, -0.05) is 27.7 Å². The fraction of sp³-hybridized carbons (Fsp3) is 1.00. The molecule has 9 fully saturated rings. The van der Waals surface area contributed by atoms with Crippen LogP contribution in [-0.4, -0.2) is 188 Å². The van der Waals surface area contributed by atoms with E-state index in [-0.39, 0.29) is 23.0 Å². The molecule has 0 aromatic carbocycles. The van der Waals surface area contributed by atoms with Gasteiger partial charge in [0.1, 0.15) is 73.2 Å². The molecular weight excluding hydrogens is 828 g/mol. The molecule has 4 saturated carbocycles. The van der Waals surface area contributed by atoms with Gasteiger partial charge in [0.25, 0.3) is 0 Å². The summed E-state index contributed by atoms with van der Waals surface area (Å²) in [5, 5.41) is 106. The van der Waals surface area contributed by atoms with Gasteiger partial charge in [0.2, 0.25) is 0 Å². The van der Waals surface area contributed by atoms with Crippen molar-refractivity contribution in [2.24, 2.45) is 52.3 Å². The second-order valence-electron chi connectivity index (χ2n) is 21.5. The first-order chi connectivity index (χ1) is 30.0. The number of rotatable bonds is 9. The molecule has 0 bridgehead atoms. The van der Waals surface area contributed by atoms with Crippen LogP contribution < -0.4 is 0 Å². The average Bonchev–Trinajstić information content (AvgIpc) is 3.72. The maximum Gasteiger partial charge on any atom is 0.187 e. The van der Waals surface area contributed by atoms with E-state index < -0.39 is 118 Å². The van der Waals surface area contributed by atoms with Crippen LogP contribution in [0.25, 0.3) is 0 Å². The molecule has 5 heterocycles. The van der Waals surface area contributed by atoms with Gasteiger partial charge in [-0.25, -0.2) is 0 Å². The summed E-state index contributed by atoms with van der Waals surface area (Å²) in [6, 6.07) is 0. The van der Waals surface area contributed by atoms with Gasteiger partial charge < -0.3 is 89.0 Å². The lowest BCUT2D eigenvalue weighted by atomic mass is 9.44. The first-order valence-corrected chi connectivity index (χ1v) is 23.8. The lowest BCUT2D eigenvalue weighted by Crippen LogP contribution is -2.67. The third-order valence-electron chi connectivity index (χ3n) is 18.3. The second kappa shape index (κ2) is 18.0. The zero-order valence-corrected chi connectivity index (χ0v) is 37.0. The van der Waals surface area contributed by atoms with Crippen LogP contribution in [0.2, 0.25) is 0 Å². The Bertz CT molecular complexity index is 1570. The van der Waals surface area contributed by atoms with E-state index in [2.05, 4.69) is 27.7 Å². The number of ether oxygens (including phenoxy) is 8. The molecule has 1 spiro atoms. The van der Waals surface area contributed by atoms with Gasteiger partial charge in [-0.3, -0.25) is 0 Å². The van der Waals surface area contributed by atoms with Gasteiger partial charge in [-0.05, 0) is 104 Å². The SMILES string of the molecule is CC1CC[C@@]2(OC1)O[C@H]1C[C@H]3[C@@H]4CC[C@@H]5C[C@@H](O[C@@H]6O[C@H](CO)[C@@H](O)[C@H](O[C@@H]7O[C@H](CO)[C@@H](O)[C@H](O)[C@H]7O)[C@H]6O[C@@H]6O[C@H](CO)[C@@H](O)[C@H](O)[C@H]6O)CC[C@]5(C)[C@H]4CC[C@]3(C)[C@H]1[C@@H]2C. The highest BCUT2D eigenvalue weighted by Gasteiger charge is 2.69. The molecule has 9 rings (SSSR count). The van der Waals surface area contributed by atoms with Gasteiger partial charge in [0.15, 0.2) is 24.7 Å². The molecule has 10 N–H and O–H groups in total. The van der Waals surface area contributed by atoms with Crippen LogP contribution in [0.15, 0.2) is 0 Å². The van der Waals surface area contributed by atoms with Crippen LogP contribution in [0.5, 0.6) is 0 Å². The van der Waals surface area contributed by atoms with Crippen LogP contribution in [0.1, 0.15) is 91.9 Å². The number of aliphatic hydroxyl groups excluding tert-OH is 10. The van der Waals surface area contributed by atoms with E-state index in [0.29, 0.717) is 54.3 Å². The van der Waals surface area contributed by atoms with Gasteiger partial charge in [0.05, 0.1) is 38.6 Å². The third-order valence-corrected chi connectivity index (χ3v) is 18.3. The van der Waals surface area contributed by atoms with Crippen molar-refractivity contribution in [1.82, 2.24) is 0 Å². The van der Waals surface area contributed by atoms with Crippen molar-refractivity contribution < 1.29 is 89.0 Å². The highest BCUT2D eigenvalue weighted by atomic mass is 16.8. The predicted molar refractivity (Wildman–Crippen MR) is 216 cm³/mol. The smallest absolute Gasteiger partial charge is 0.187 e. The summed E-state index contributed by atoms with van der Waals surface area (Å²) in [5.41, 5.74) is 0.261. The second-order valence-corrected chi connectivity index (χ2v) is 21.5. The Morgan fingerprint density at radius 2 is 1.14 bits per heavy atom. The molecule has 0 aromatic rings. The van der Waals surface area contributed by atoms with E-state index in [1.807, 2.05) is 0 Å². The van der Waals surface area contributed by atoms with E-state index in [9.17, 15) is 51.1 Å². The van der Waals surface area contributed by atoms with Crippen molar-refractivity contribution in [2.75, 3.05) is 26.4 Å². The van der Waals surface area contributed by atoms with Crippen molar-refractivity contribution in [3.8, 4) is 0 Å². The summed E-state index contributed by atoms with van der Waals surface area (Å²) in [6.07, 6.45) is -14.7. The molecule has 1 unspecified atom stereocenters. The van der Waals surface area contributed by atoms with Crippen LogP contribution in [0, 0.1) is 52.3 Å². The first kappa shape index (κ1) is 47.4. The van der Waals surface area contributed by atoms with Crippen LogP contribution in [-0.2, 0) is 37.9 Å². The number of hydrogen-bond donors (Lipinski definition) is 10. The molecule has 18 nitrogen and oxygen atoms in total. The van der Waals surface area contributed by atoms with Crippen molar-refractivity contribution in [3.63, 3.8) is 0 Å². The monoisotopic (exact) mass is 902 g/mol. The zero-order valence-electron chi connectivity index (χ0n) is 37.0. The van der Waals surface area contributed by atoms with E-state index in [0.717, 1.165) is 58.0 Å². The predicted octanol–water partition coefficient (Wildman–Crippen LogP) is -0.734. The molecule has 362 valence electrons. The van der Waals surface area contributed by atoms with Crippen molar-refractivity contribution in [1.29, 1.82) is 0 Å². The van der Waals surface area contributed by atoms with E-state index in [1.165, 1.54) is 0 Å². The topological polar surface area (TPSA) is 276 Å². The van der Waals surface area contributed by atoms with Crippen LogP contribution >= 0.6 is 0 Å². The molecule has 5 saturated heterocycles. The van der Waals surface area contributed by atoms with Crippen molar-refractivity contribution >= 4 is 0 Å². The Morgan fingerprint density at radius 1 is 0.556 bits per heavy atom. The minimum absolute atomic E-state index is 0.0658. The van der Waals surface area contributed by atoms with Crippen LogP contribution in [0.4, 0.5) is 0 Å². The highest BCUT2D eigenvalue weighted by molar-refractivity contribution is 5.15. The molecule has 9 aliphatic rings. The minimum atomic E-state index is -1.87.